The van der Waals surface area contributed by atoms with Gasteiger partial charge in [-0.1, -0.05) is 33.8 Å². The summed E-state index contributed by atoms with van der Waals surface area (Å²) >= 11 is 0. The van der Waals surface area contributed by atoms with Gasteiger partial charge in [-0.05, 0) is 17.5 Å². The lowest BCUT2D eigenvalue weighted by atomic mass is 9.97. The van der Waals surface area contributed by atoms with Gasteiger partial charge in [-0.15, -0.1) is 0 Å². The molecule has 3 nitrogen and oxygen atoms in total. The van der Waals surface area contributed by atoms with Gasteiger partial charge in [0.25, 0.3) is 0 Å². The molecule has 0 amide bonds. The second kappa shape index (κ2) is 5.54. The van der Waals surface area contributed by atoms with Crippen molar-refractivity contribution in [1.29, 1.82) is 5.26 Å². The topological polar surface area (TPSA) is 62.9 Å². The summed E-state index contributed by atoms with van der Waals surface area (Å²) in [6, 6.07) is 4.96. The van der Waals surface area contributed by atoms with Crippen LogP contribution in [-0.4, -0.2) is 0 Å². The maximum absolute atomic E-state index is 13.5. The summed E-state index contributed by atoms with van der Waals surface area (Å²) in [7, 11) is 0. The molecule has 0 saturated heterocycles. The summed E-state index contributed by atoms with van der Waals surface area (Å²) < 4.78 is 18.6. The molecule has 0 unspecified atom stereocenters. The zero-order chi connectivity index (χ0) is 13.9. The molecular weight excluding hydrogens is 231 g/mol. The number of nitrogen functional groups attached to an aromatic ring is 1. The number of nitrogens with two attached hydrogens (primary N) is 1. The average molecular weight is 248 g/mol. The number of fused-ring (bicyclic) bond motifs is 1. The Morgan fingerprint density at radius 2 is 1.94 bits per heavy atom. The molecule has 2 rings (SSSR count). The van der Waals surface area contributed by atoms with Crippen LogP contribution in [-0.2, 0) is 0 Å². The highest BCUT2D eigenvalue weighted by Gasteiger charge is 2.19. The Kier molecular flexibility index (Phi) is 4.33. The molecule has 0 spiro atoms. The van der Waals surface area contributed by atoms with Gasteiger partial charge in [-0.2, -0.15) is 5.26 Å². The number of nitrogens with zero attached hydrogens (tertiary/aromatic N) is 1. The quantitative estimate of drug-likeness (QED) is 0.823. The molecule has 0 saturated carbocycles. The predicted molar refractivity (Wildman–Crippen MR) is 70.7 cm³/mol. The lowest BCUT2D eigenvalue weighted by Crippen LogP contribution is -1.91. The van der Waals surface area contributed by atoms with E-state index >= 15 is 0 Å². The maximum Gasteiger partial charge on any atom is 0.209 e. The van der Waals surface area contributed by atoms with E-state index in [4.69, 9.17) is 15.4 Å². The summed E-state index contributed by atoms with van der Waals surface area (Å²) in [4.78, 5) is 0. The molecule has 2 aromatic rings. The molecular formula is C14H17FN2O. The Bertz CT molecular complexity index is 594. The van der Waals surface area contributed by atoms with Gasteiger partial charge in [-0.25, -0.2) is 4.39 Å². The van der Waals surface area contributed by atoms with Crippen LogP contribution in [0.4, 0.5) is 10.3 Å². The van der Waals surface area contributed by atoms with Crippen molar-refractivity contribution < 1.29 is 8.81 Å². The van der Waals surface area contributed by atoms with Gasteiger partial charge in [0, 0.05) is 5.39 Å². The zero-order valence-electron chi connectivity index (χ0n) is 11.0. The van der Waals surface area contributed by atoms with E-state index in [1.54, 1.807) is 6.07 Å². The summed E-state index contributed by atoms with van der Waals surface area (Å²) in [6.07, 6.45) is 0. The van der Waals surface area contributed by atoms with Crippen molar-refractivity contribution in [1.82, 2.24) is 0 Å². The van der Waals surface area contributed by atoms with Crippen molar-refractivity contribution in [3.8, 4) is 6.07 Å². The second-order valence-corrected chi connectivity index (χ2v) is 3.95. The van der Waals surface area contributed by atoms with Crippen LogP contribution in [0.25, 0.3) is 11.0 Å². The van der Waals surface area contributed by atoms with Crippen molar-refractivity contribution in [2.75, 3.05) is 5.73 Å². The molecule has 2 N–H and O–H groups in total. The number of anilines is 1. The van der Waals surface area contributed by atoms with Gasteiger partial charge in [0.1, 0.15) is 11.6 Å². The van der Waals surface area contributed by atoms with E-state index in [0.29, 0.717) is 5.39 Å². The van der Waals surface area contributed by atoms with E-state index < -0.39 is 5.82 Å². The molecule has 0 radical (unpaired) electrons. The summed E-state index contributed by atoms with van der Waals surface area (Å²) in [5.41, 5.74) is 6.71. The second-order valence-electron chi connectivity index (χ2n) is 3.95. The molecule has 4 heteroatoms. The van der Waals surface area contributed by atoms with Crippen LogP contribution in [0.1, 0.15) is 44.7 Å². The minimum atomic E-state index is -0.493. The monoisotopic (exact) mass is 248 g/mol. The van der Waals surface area contributed by atoms with Crippen LogP contribution in [0.5, 0.6) is 0 Å². The SMILES string of the molecule is CC.CC(C)c1ccc(F)c2oc(N)c(C#N)c12. The highest BCUT2D eigenvalue weighted by molar-refractivity contribution is 5.92. The Morgan fingerprint density at radius 3 is 2.44 bits per heavy atom. The zero-order valence-corrected chi connectivity index (χ0v) is 11.0. The number of halogens is 1. The first-order valence-electron chi connectivity index (χ1n) is 5.96. The van der Waals surface area contributed by atoms with Crippen LogP contribution in [0, 0.1) is 17.1 Å². The molecule has 0 fully saturated rings. The maximum atomic E-state index is 13.5. The molecule has 1 aromatic heterocycles. The van der Waals surface area contributed by atoms with Crippen LogP contribution in [0.3, 0.4) is 0 Å². The number of rotatable bonds is 1. The fourth-order valence-electron chi connectivity index (χ4n) is 1.81. The van der Waals surface area contributed by atoms with Gasteiger partial charge in [0.15, 0.2) is 11.4 Å². The summed E-state index contributed by atoms with van der Waals surface area (Å²) in [5.74, 6) is -0.343. The molecule has 0 aliphatic carbocycles. The number of nitriles is 1. The number of furan rings is 1. The predicted octanol–water partition coefficient (Wildman–Crippen LogP) is 4.18. The van der Waals surface area contributed by atoms with Crippen molar-refractivity contribution in [3.63, 3.8) is 0 Å². The van der Waals surface area contributed by atoms with E-state index in [1.807, 2.05) is 33.8 Å². The van der Waals surface area contributed by atoms with Crippen LogP contribution >= 0.6 is 0 Å². The van der Waals surface area contributed by atoms with Crippen molar-refractivity contribution in [3.05, 3.63) is 29.1 Å². The molecule has 1 aromatic carbocycles. The largest absolute Gasteiger partial charge is 0.436 e. The highest BCUT2D eigenvalue weighted by atomic mass is 19.1. The van der Waals surface area contributed by atoms with E-state index in [-0.39, 0.29) is 22.9 Å². The number of hydrogen-bond acceptors (Lipinski definition) is 3. The minimum Gasteiger partial charge on any atom is -0.436 e. The van der Waals surface area contributed by atoms with Gasteiger partial charge in [0.05, 0.1) is 0 Å². The fourth-order valence-corrected chi connectivity index (χ4v) is 1.81. The molecule has 0 bridgehead atoms. The summed E-state index contributed by atoms with van der Waals surface area (Å²) in [5, 5.41) is 9.49. The van der Waals surface area contributed by atoms with Crippen LogP contribution in [0.15, 0.2) is 16.5 Å². The first kappa shape index (κ1) is 14.0. The third kappa shape index (κ3) is 2.17. The third-order valence-corrected chi connectivity index (χ3v) is 2.58. The van der Waals surface area contributed by atoms with Gasteiger partial charge in [0.2, 0.25) is 5.88 Å². The van der Waals surface area contributed by atoms with Gasteiger partial charge >= 0.3 is 0 Å². The Hall–Kier alpha value is -2.02. The first-order chi connectivity index (χ1) is 8.56. The van der Waals surface area contributed by atoms with Crippen LogP contribution in [0.2, 0.25) is 0 Å². The van der Waals surface area contributed by atoms with E-state index in [1.165, 1.54) is 6.07 Å². The molecule has 18 heavy (non-hydrogen) atoms. The smallest absolute Gasteiger partial charge is 0.209 e. The third-order valence-electron chi connectivity index (χ3n) is 2.58. The average Bonchev–Trinajstić information content (AvgIpc) is 2.69. The first-order valence-corrected chi connectivity index (χ1v) is 5.96. The molecule has 1 heterocycles. The van der Waals surface area contributed by atoms with Crippen LogP contribution < -0.4 is 5.73 Å². The minimum absolute atomic E-state index is 0.0236. The van der Waals surface area contributed by atoms with Gasteiger partial charge < -0.3 is 10.2 Å². The Labute approximate surface area is 106 Å². The highest BCUT2D eigenvalue weighted by Crippen LogP contribution is 2.35. The molecule has 0 aliphatic rings. The van der Waals surface area contributed by atoms with Crippen molar-refractivity contribution >= 4 is 16.9 Å². The fraction of sp³-hybridized carbons (Fsp3) is 0.357. The number of benzene rings is 1. The molecule has 96 valence electrons. The van der Waals surface area contributed by atoms with Crippen molar-refractivity contribution in [2.45, 2.75) is 33.6 Å². The molecule has 0 aliphatic heterocycles. The Morgan fingerprint density at radius 1 is 1.33 bits per heavy atom. The van der Waals surface area contributed by atoms with E-state index in [2.05, 4.69) is 0 Å². The standard InChI is InChI=1S/C12H11FN2O.C2H6/c1-6(2)7-3-4-9(13)11-10(7)8(5-14)12(15)16-11;1-2/h3-4,6H,15H2,1-2H3;1-2H3. The lowest BCUT2D eigenvalue weighted by Gasteiger charge is -2.06. The lowest BCUT2D eigenvalue weighted by molar-refractivity contribution is 0.570. The normalized spacial score (nSPS) is 10.1. The van der Waals surface area contributed by atoms with Gasteiger partial charge in [-0.3, -0.25) is 0 Å². The van der Waals surface area contributed by atoms with E-state index in [0.717, 1.165) is 5.56 Å². The van der Waals surface area contributed by atoms with E-state index in [9.17, 15) is 4.39 Å². The van der Waals surface area contributed by atoms with Crippen molar-refractivity contribution in [2.24, 2.45) is 0 Å². The number of hydrogen-bond donors (Lipinski definition) is 1. The molecule has 0 atom stereocenters. The Balaban J connectivity index is 0.000000771. The summed E-state index contributed by atoms with van der Waals surface area (Å²) in [6.45, 7) is 7.94.